The zero-order valence-corrected chi connectivity index (χ0v) is 21.5. The van der Waals surface area contributed by atoms with E-state index < -0.39 is 17.8 Å². The molecule has 2 amide bonds. The largest absolute Gasteiger partial charge is 0.416 e. The Morgan fingerprint density at radius 1 is 1.05 bits per heavy atom. The average Bonchev–Trinajstić information content (AvgIpc) is 3.29. The van der Waals surface area contributed by atoms with Crippen molar-refractivity contribution < 1.29 is 18.0 Å². The molecule has 10 nitrogen and oxygen atoms in total. The summed E-state index contributed by atoms with van der Waals surface area (Å²) >= 11 is 0. The van der Waals surface area contributed by atoms with Gasteiger partial charge >= 0.3 is 12.2 Å². The number of pyridine rings is 2. The number of carbonyl (C=O) groups excluding carboxylic acids is 1. The standard InChI is InChI=1S/C27H26F3N9O/c1-38-8-10-39(11-9-38)16-19-4-5-20(14-22(19)27(28,29)30)34-26(40)35-23-13-17(6-7-32-23)2-3-18-12-21-24(31)36-37-25(21)33-15-18/h4-7,12-15H,8-11,16H2,1H3,(H3,31,33,36,37)(H2,32,34,35,40). The number of aromatic amines is 1. The first-order valence-electron chi connectivity index (χ1n) is 12.4. The lowest BCUT2D eigenvalue weighted by Crippen LogP contribution is -2.44. The van der Waals surface area contributed by atoms with Crippen LogP contribution in [0.1, 0.15) is 22.3 Å². The van der Waals surface area contributed by atoms with Crippen LogP contribution in [0.3, 0.4) is 0 Å². The fourth-order valence-corrected chi connectivity index (χ4v) is 4.29. The number of aromatic nitrogens is 4. The Bertz CT molecular complexity index is 1600. The number of nitrogens with one attached hydrogen (secondary N) is 3. The van der Waals surface area contributed by atoms with E-state index in [-0.39, 0.29) is 23.6 Å². The van der Waals surface area contributed by atoms with Crippen LogP contribution < -0.4 is 16.4 Å². The van der Waals surface area contributed by atoms with E-state index in [1.165, 1.54) is 18.3 Å². The summed E-state index contributed by atoms with van der Waals surface area (Å²) in [5, 5.41) is 12.3. The van der Waals surface area contributed by atoms with Gasteiger partial charge in [-0.15, -0.1) is 0 Å². The van der Waals surface area contributed by atoms with E-state index in [9.17, 15) is 18.0 Å². The molecule has 40 heavy (non-hydrogen) atoms. The monoisotopic (exact) mass is 549 g/mol. The maximum Gasteiger partial charge on any atom is 0.416 e. The molecule has 5 rings (SSSR count). The highest BCUT2D eigenvalue weighted by molar-refractivity contribution is 5.99. The van der Waals surface area contributed by atoms with Gasteiger partial charge in [-0.25, -0.2) is 14.8 Å². The number of carbonyl (C=O) groups is 1. The zero-order valence-electron chi connectivity index (χ0n) is 21.5. The zero-order chi connectivity index (χ0) is 28.3. The van der Waals surface area contributed by atoms with Crippen molar-refractivity contribution in [1.29, 1.82) is 0 Å². The van der Waals surface area contributed by atoms with Crippen LogP contribution in [0.2, 0.25) is 0 Å². The minimum Gasteiger partial charge on any atom is -0.384 e. The van der Waals surface area contributed by atoms with Crippen molar-refractivity contribution in [2.75, 3.05) is 49.6 Å². The Labute approximate surface area is 227 Å². The summed E-state index contributed by atoms with van der Waals surface area (Å²) in [6.45, 7) is 3.17. The van der Waals surface area contributed by atoms with E-state index in [0.29, 0.717) is 41.1 Å². The number of rotatable bonds is 4. The molecular weight excluding hydrogens is 523 g/mol. The minimum atomic E-state index is -4.56. The average molecular weight is 550 g/mol. The lowest BCUT2D eigenvalue weighted by atomic mass is 10.0. The number of hydrogen-bond donors (Lipinski definition) is 4. The summed E-state index contributed by atoms with van der Waals surface area (Å²) in [5.41, 5.74) is 6.89. The molecule has 4 heterocycles. The summed E-state index contributed by atoms with van der Waals surface area (Å²) in [6.07, 6.45) is -1.53. The van der Waals surface area contributed by atoms with Crippen molar-refractivity contribution in [2.24, 2.45) is 0 Å². The van der Waals surface area contributed by atoms with E-state index in [1.807, 2.05) is 11.9 Å². The molecule has 1 aliphatic rings. The predicted molar refractivity (Wildman–Crippen MR) is 145 cm³/mol. The summed E-state index contributed by atoms with van der Waals surface area (Å²) in [4.78, 5) is 25.0. The van der Waals surface area contributed by atoms with Gasteiger partial charge in [0.15, 0.2) is 5.65 Å². The SMILES string of the molecule is CN1CCN(Cc2ccc(NC(=O)Nc3cc(C#Cc4cnc5n[nH]c(N)c5c4)ccn3)cc2C(F)(F)F)CC1. The fraction of sp³-hybridized carbons (Fsp3) is 0.259. The number of H-pyrrole nitrogens is 1. The number of halogens is 3. The van der Waals surface area contributed by atoms with E-state index in [0.717, 1.165) is 19.2 Å². The van der Waals surface area contributed by atoms with Gasteiger partial charge in [0.2, 0.25) is 0 Å². The fourth-order valence-electron chi connectivity index (χ4n) is 4.29. The van der Waals surface area contributed by atoms with Crippen LogP contribution in [0, 0.1) is 11.8 Å². The number of fused-ring (bicyclic) bond motifs is 1. The van der Waals surface area contributed by atoms with Crippen LogP contribution in [0.5, 0.6) is 0 Å². The topological polar surface area (TPSA) is 128 Å². The third kappa shape index (κ3) is 6.48. The van der Waals surface area contributed by atoms with Gasteiger partial charge in [-0.3, -0.25) is 15.3 Å². The molecule has 1 aliphatic heterocycles. The number of nitrogen functional groups attached to an aromatic ring is 1. The normalized spacial score (nSPS) is 14.5. The number of amides is 2. The van der Waals surface area contributed by atoms with Gasteiger partial charge in [-0.05, 0) is 42.9 Å². The van der Waals surface area contributed by atoms with E-state index in [2.05, 4.69) is 47.5 Å². The molecule has 0 bridgehead atoms. The van der Waals surface area contributed by atoms with Crippen molar-refractivity contribution in [3.8, 4) is 11.8 Å². The molecule has 0 atom stereocenters. The van der Waals surface area contributed by atoms with E-state index in [1.54, 1.807) is 24.4 Å². The Morgan fingerprint density at radius 3 is 2.60 bits per heavy atom. The highest BCUT2D eigenvalue weighted by Gasteiger charge is 2.34. The second-order valence-electron chi connectivity index (χ2n) is 9.44. The number of nitrogens with two attached hydrogens (primary N) is 1. The molecule has 0 spiro atoms. The number of nitrogens with zero attached hydrogens (tertiary/aromatic N) is 5. The van der Waals surface area contributed by atoms with Gasteiger partial charge in [-0.2, -0.15) is 18.3 Å². The molecule has 206 valence electrons. The predicted octanol–water partition coefficient (Wildman–Crippen LogP) is 3.75. The molecule has 13 heteroatoms. The highest BCUT2D eigenvalue weighted by Crippen LogP contribution is 2.34. The number of urea groups is 1. The van der Waals surface area contributed by atoms with Crippen molar-refractivity contribution in [3.63, 3.8) is 0 Å². The van der Waals surface area contributed by atoms with Gasteiger partial charge in [0.05, 0.1) is 10.9 Å². The maximum absolute atomic E-state index is 13.9. The Hall–Kier alpha value is -4.67. The summed E-state index contributed by atoms with van der Waals surface area (Å²) in [5.74, 6) is 6.50. The second kappa shape index (κ2) is 11.2. The molecule has 0 radical (unpaired) electrons. The van der Waals surface area contributed by atoms with Crippen LogP contribution in [0.25, 0.3) is 11.0 Å². The Balaban J connectivity index is 1.25. The van der Waals surface area contributed by atoms with Crippen LogP contribution >= 0.6 is 0 Å². The molecular formula is C27H26F3N9O. The second-order valence-corrected chi connectivity index (χ2v) is 9.44. The minimum absolute atomic E-state index is 0.0179. The number of alkyl halides is 3. The third-order valence-electron chi connectivity index (χ3n) is 6.45. The van der Waals surface area contributed by atoms with Gasteiger partial charge in [-0.1, -0.05) is 17.9 Å². The number of anilines is 3. The number of likely N-dealkylation sites (N-methyl/N-ethyl adjacent to an activating group) is 1. The van der Waals surface area contributed by atoms with Crippen LogP contribution in [-0.2, 0) is 12.7 Å². The van der Waals surface area contributed by atoms with Gasteiger partial charge < -0.3 is 16.0 Å². The number of hydrogen-bond acceptors (Lipinski definition) is 7. The van der Waals surface area contributed by atoms with E-state index >= 15 is 0 Å². The molecule has 0 saturated carbocycles. The van der Waals surface area contributed by atoms with E-state index in [4.69, 9.17) is 5.73 Å². The molecule has 4 aromatic rings. The quantitative estimate of drug-likeness (QED) is 0.286. The first kappa shape index (κ1) is 26.9. The molecule has 0 unspecified atom stereocenters. The number of benzene rings is 1. The molecule has 5 N–H and O–H groups in total. The Morgan fingerprint density at radius 2 is 1.82 bits per heavy atom. The molecule has 1 saturated heterocycles. The van der Waals surface area contributed by atoms with Gasteiger partial charge in [0.25, 0.3) is 0 Å². The Kier molecular flexibility index (Phi) is 7.54. The lowest BCUT2D eigenvalue weighted by Gasteiger charge is -2.33. The molecule has 1 fully saturated rings. The highest BCUT2D eigenvalue weighted by atomic mass is 19.4. The summed E-state index contributed by atoms with van der Waals surface area (Å²) in [6, 6.07) is 8.06. The summed E-state index contributed by atoms with van der Waals surface area (Å²) < 4.78 is 41.6. The maximum atomic E-state index is 13.9. The smallest absolute Gasteiger partial charge is 0.384 e. The van der Waals surface area contributed by atoms with Crippen LogP contribution in [0.15, 0.2) is 48.8 Å². The summed E-state index contributed by atoms with van der Waals surface area (Å²) in [7, 11) is 1.99. The first-order chi connectivity index (χ1) is 19.1. The molecule has 3 aromatic heterocycles. The third-order valence-corrected chi connectivity index (χ3v) is 6.45. The van der Waals surface area contributed by atoms with Gasteiger partial charge in [0, 0.05) is 61.9 Å². The van der Waals surface area contributed by atoms with Crippen LogP contribution in [-0.4, -0.2) is 69.2 Å². The van der Waals surface area contributed by atoms with Crippen molar-refractivity contribution >= 4 is 34.4 Å². The number of piperazine rings is 1. The van der Waals surface area contributed by atoms with Crippen molar-refractivity contribution in [2.45, 2.75) is 12.7 Å². The van der Waals surface area contributed by atoms with Gasteiger partial charge in [0.1, 0.15) is 11.6 Å². The lowest BCUT2D eigenvalue weighted by molar-refractivity contribution is -0.138. The van der Waals surface area contributed by atoms with Crippen molar-refractivity contribution in [1.82, 2.24) is 30.0 Å². The molecule has 0 aliphatic carbocycles. The van der Waals surface area contributed by atoms with Crippen molar-refractivity contribution in [3.05, 3.63) is 71.0 Å². The molecule has 1 aromatic carbocycles. The first-order valence-corrected chi connectivity index (χ1v) is 12.4. The van der Waals surface area contributed by atoms with Crippen LogP contribution in [0.4, 0.5) is 35.3 Å².